The number of nitrogens with zero attached hydrogens (tertiary/aromatic N) is 1. The van der Waals surface area contributed by atoms with Crippen molar-refractivity contribution in [3.8, 4) is 11.8 Å². The molecular formula is C24H20F2N2O3. The van der Waals surface area contributed by atoms with E-state index in [1.807, 2.05) is 13.0 Å². The first kappa shape index (κ1) is 21.8. The zero-order valence-electron chi connectivity index (χ0n) is 16.7. The van der Waals surface area contributed by atoms with Crippen LogP contribution in [0.5, 0.6) is 5.75 Å². The Bertz CT molecular complexity index is 1120. The van der Waals surface area contributed by atoms with Gasteiger partial charge in [0.25, 0.3) is 0 Å². The predicted molar refractivity (Wildman–Crippen MR) is 112 cm³/mol. The Labute approximate surface area is 178 Å². The van der Waals surface area contributed by atoms with Crippen molar-refractivity contribution in [2.24, 2.45) is 0 Å². The molecule has 0 aromatic heterocycles. The smallest absolute Gasteiger partial charge is 0.330 e. The number of ether oxygens (including phenoxy) is 1. The molecule has 0 aliphatic heterocycles. The van der Waals surface area contributed by atoms with E-state index in [2.05, 4.69) is 5.32 Å². The maximum atomic E-state index is 14.0. The predicted octanol–water partition coefficient (Wildman–Crippen LogP) is 5.22. The lowest BCUT2D eigenvalue weighted by Crippen LogP contribution is -2.21. The standard InChI is InChI=1S/C24H20F2N2O3/c1-2-15-5-10-22(31-14-17-12-18(25)6-9-21(17)26)20(11-15)23(24(29)30)28-19-7-3-16(13-27)4-8-19/h3-12,23,28H,2,14H2,1H3,(H,29,30). The van der Waals surface area contributed by atoms with Gasteiger partial charge in [0.2, 0.25) is 0 Å². The Morgan fingerprint density at radius 3 is 2.52 bits per heavy atom. The lowest BCUT2D eigenvalue weighted by atomic mass is 10.0. The summed E-state index contributed by atoms with van der Waals surface area (Å²) in [6.45, 7) is 1.68. The molecule has 3 aromatic rings. The molecule has 0 spiro atoms. The van der Waals surface area contributed by atoms with Gasteiger partial charge in [-0.25, -0.2) is 13.6 Å². The van der Waals surface area contributed by atoms with Crippen molar-refractivity contribution < 1.29 is 23.4 Å². The second-order valence-corrected chi connectivity index (χ2v) is 6.85. The zero-order valence-corrected chi connectivity index (χ0v) is 16.7. The maximum Gasteiger partial charge on any atom is 0.330 e. The molecule has 0 amide bonds. The summed E-state index contributed by atoms with van der Waals surface area (Å²) >= 11 is 0. The summed E-state index contributed by atoms with van der Waals surface area (Å²) in [6, 6.07) is 15.4. The van der Waals surface area contributed by atoms with Crippen LogP contribution in [0.4, 0.5) is 14.5 Å². The number of aryl methyl sites for hydroxylation is 1. The van der Waals surface area contributed by atoms with Gasteiger partial charge in [0.15, 0.2) is 6.04 Å². The highest BCUT2D eigenvalue weighted by atomic mass is 19.1. The second-order valence-electron chi connectivity index (χ2n) is 6.85. The van der Waals surface area contributed by atoms with E-state index in [4.69, 9.17) is 10.00 Å². The molecule has 3 rings (SSSR count). The topological polar surface area (TPSA) is 82.3 Å². The zero-order chi connectivity index (χ0) is 22.4. The molecule has 31 heavy (non-hydrogen) atoms. The molecule has 0 radical (unpaired) electrons. The van der Waals surface area contributed by atoms with Gasteiger partial charge < -0.3 is 15.2 Å². The van der Waals surface area contributed by atoms with Gasteiger partial charge in [-0.1, -0.05) is 13.0 Å². The molecule has 3 aromatic carbocycles. The minimum atomic E-state index is -1.16. The number of benzene rings is 3. The fourth-order valence-corrected chi connectivity index (χ4v) is 3.06. The van der Waals surface area contributed by atoms with Crippen LogP contribution in [0.25, 0.3) is 0 Å². The first-order valence-electron chi connectivity index (χ1n) is 9.60. The number of anilines is 1. The Kier molecular flexibility index (Phi) is 6.83. The number of halogens is 2. The molecule has 0 aliphatic rings. The normalized spacial score (nSPS) is 11.4. The van der Waals surface area contributed by atoms with E-state index in [1.165, 1.54) is 0 Å². The Morgan fingerprint density at radius 2 is 1.87 bits per heavy atom. The Hall–Kier alpha value is -3.92. The highest BCUT2D eigenvalue weighted by Gasteiger charge is 2.24. The number of aliphatic carboxylic acids is 1. The van der Waals surface area contributed by atoms with Crippen molar-refractivity contribution in [1.82, 2.24) is 0 Å². The van der Waals surface area contributed by atoms with E-state index >= 15 is 0 Å². The molecule has 0 aliphatic carbocycles. The summed E-state index contributed by atoms with van der Waals surface area (Å²) in [7, 11) is 0. The number of hydrogen-bond donors (Lipinski definition) is 2. The minimum absolute atomic E-state index is 0.0254. The van der Waals surface area contributed by atoms with Crippen LogP contribution in [0.3, 0.4) is 0 Å². The van der Waals surface area contributed by atoms with Crippen molar-refractivity contribution in [2.75, 3.05) is 5.32 Å². The van der Waals surface area contributed by atoms with Gasteiger partial charge in [-0.05, 0) is 66.6 Å². The number of carboxylic acids is 1. The van der Waals surface area contributed by atoms with Crippen LogP contribution < -0.4 is 10.1 Å². The number of rotatable bonds is 8. The third-order valence-corrected chi connectivity index (χ3v) is 4.76. The Balaban J connectivity index is 1.92. The number of nitrogens with one attached hydrogen (secondary N) is 1. The second kappa shape index (κ2) is 9.72. The van der Waals surface area contributed by atoms with Crippen molar-refractivity contribution in [3.63, 3.8) is 0 Å². The van der Waals surface area contributed by atoms with E-state index in [0.29, 0.717) is 23.2 Å². The summed E-state index contributed by atoms with van der Waals surface area (Å²) in [5.41, 5.74) is 2.24. The highest BCUT2D eigenvalue weighted by molar-refractivity contribution is 5.80. The Morgan fingerprint density at radius 1 is 1.13 bits per heavy atom. The van der Waals surface area contributed by atoms with Crippen LogP contribution in [-0.4, -0.2) is 11.1 Å². The van der Waals surface area contributed by atoms with Crippen LogP contribution in [0.15, 0.2) is 60.7 Å². The number of carboxylic acid groups (broad SMARTS) is 1. The van der Waals surface area contributed by atoms with Gasteiger partial charge in [-0.15, -0.1) is 0 Å². The molecular weight excluding hydrogens is 402 g/mol. The maximum absolute atomic E-state index is 14.0. The van der Waals surface area contributed by atoms with E-state index in [0.717, 1.165) is 23.8 Å². The molecule has 2 N–H and O–H groups in total. The summed E-state index contributed by atoms with van der Waals surface area (Å²) < 4.78 is 33.1. The van der Waals surface area contributed by atoms with Gasteiger partial charge in [-0.2, -0.15) is 5.26 Å². The monoisotopic (exact) mass is 422 g/mol. The first-order chi connectivity index (χ1) is 14.9. The average Bonchev–Trinajstić information content (AvgIpc) is 2.78. The first-order valence-corrected chi connectivity index (χ1v) is 9.60. The van der Waals surface area contributed by atoms with Gasteiger partial charge in [-0.3, -0.25) is 0 Å². The van der Waals surface area contributed by atoms with Crippen molar-refractivity contribution >= 4 is 11.7 Å². The van der Waals surface area contributed by atoms with Crippen LogP contribution in [0, 0.1) is 23.0 Å². The SMILES string of the molecule is CCc1ccc(OCc2cc(F)ccc2F)c(C(Nc2ccc(C#N)cc2)C(=O)O)c1. The molecule has 158 valence electrons. The number of nitriles is 1. The molecule has 0 saturated heterocycles. The third kappa shape index (κ3) is 5.37. The molecule has 0 fully saturated rings. The van der Waals surface area contributed by atoms with Crippen LogP contribution in [0.2, 0.25) is 0 Å². The van der Waals surface area contributed by atoms with Crippen molar-refractivity contribution in [2.45, 2.75) is 26.0 Å². The highest BCUT2D eigenvalue weighted by Crippen LogP contribution is 2.31. The van der Waals surface area contributed by atoms with Crippen LogP contribution >= 0.6 is 0 Å². The van der Waals surface area contributed by atoms with Crippen molar-refractivity contribution in [1.29, 1.82) is 5.26 Å². The van der Waals surface area contributed by atoms with Gasteiger partial charge in [0.1, 0.15) is 24.0 Å². The summed E-state index contributed by atoms with van der Waals surface area (Å²) in [5, 5.41) is 21.7. The van der Waals surface area contributed by atoms with E-state index in [1.54, 1.807) is 42.5 Å². The molecule has 5 nitrogen and oxygen atoms in total. The van der Waals surface area contributed by atoms with Crippen LogP contribution in [-0.2, 0) is 17.8 Å². The van der Waals surface area contributed by atoms with E-state index in [9.17, 15) is 18.7 Å². The number of hydrogen-bond acceptors (Lipinski definition) is 4. The third-order valence-electron chi connectivity index (χ3n) is 4.76. The molecule has 1 atom stereocenters. The molecule has 1 unspecified atom stereocenters. The minimum Gasteiger partial charge on any atom is -0.488 e. The number of carbonyl (C=O) groups is 1. The lowest BCUT2D eigenvalue weighted by molar-refractivity contribution is -0.138. The summed E-state index contributed by atoms with van der Waals surface area (Å²) in [5.74, 6) is -2.10. The van der Waals surface area contributed by atoms with Gasteiger partial charge in [0, 0.05) is 16.8 Å². The fourth-order valence-electron chi connectivity index (χ4n) is 3.06. The summed E-state index contributed by atoms with van der Waals surface area (Å²) in [4.78, 5) is 12.1. The average molecular weight is 422 g/mol. The van der Waals surface area contributed by atoms with Crippen LogP contribution in [0.1, 0.15) is 35.2 Å². The van der Waals surface area contributed by atoms with Gasteiger partial charge >= 0.3 is 5.97 Å². The molecule has 7 heteroatoms. The lowest BCUT2D eigenvalue weighted by Gasteiger charge is -2.21. The molecule has 0 heterocycles. The fraction of sp³-hybridized carbons (Fsp3) is 0.167. The van der Waals surface area contributed by atoms with Gasteiger partial charge in [0.05, 0.1) is 11.6 Å². The molecule has 0 bridgehead atoms. The molecule has 0 saturated carbocycles. The van der Waals surface area contributed by atoms with E-state index in [-0.39, 0.29) is 17.9 Å². The summed E-state index contributed by atoms with van der Waals surface area (Å²) in [6.07, 6.45) is 0.676. The van der Waals surface area contributed by atoms with Crippen molar-refractivity contribution in [3.05, 3.63) is 94.6 Å². The quantitative estimate of drug-likeness (QED) is 0.520. The van der Waals surface area contributed by atoms with E-state index < -0.39 is 23.6 Å². The largest absolute Gasteiger partial charge is 0.488 e.